The Hall–Kier alpha value is -1.78. The van der Waals surface area contributed by atoms with Gasteiger partial charge in [0.05, 0.1) is 11.0 Å². The fourth-order valence-electron chi connectivity index (χ4n) is 0.794. The summed E-state index contributed by atoms with van der Waals surface area (Å²) in [4.78, 5) is 31.0. The molecule has 0 aromatic rings. The summed E-state index contributed by atoms with van der Waals surface area (Å²) in [5.74, 6) is -1.21. The Bertz CT molecular complexity index is 337. The van der Waals surface area contributed by atoms with E-state index in [0.717, 1.165) is 12.2 Å². The van der Waals surface area contributed by atoms with Crippen molar-refractivity contribution in [2.45, 2.75) is 6.92 Å². The van der Waals surface area contributed by atoms with Gasteiger partial charge in [0.15, 0.2) is 5.78 Å². The van der Waals surface area contributed by atoms with Crippen molar-refractivity contribution < 1.29 is 14.5 Å². The molecule has 0 bridgehead atoms. The van der Waals surface area contributed by atoms with E-state index in [2.05, 4.69) is 0 Å². The number of nitro groups is 1. The molecule has 0 N–H and O–H groups in total. The van der Waals surface area contributed by atoms with Gasteiger partial charge < -0.3 is 0 Å². The molecule has 0 saturated carbocycles. The first-order chi connectivity index (χ1) is 5.52. The summed E-state index contributed by atoms with van der Waals surface area (Å²) in [5.41, 5.74) is -0.434. The molecule has 0 unspecified atom stereocenters. The number of carbonyl (C=O) groups excluding carboxylic acids is 2. The van der Waals surface area contributed by atoms with Gasteiger partial charge in [0.2, 0.25) is 0 Å². The third-order valence-corrected chi connectivity index (χ3v) is 1.45. The van der Waals surface area contributed by atoms with Gasteiger partial charge in [-0.1, -0.05) is 0 Å². The largest absolute Gasteiger partial charge is 0.320 e. The molecule has 1 aliphatic rings. The van der Waals surface area contributed by atoms with E-state index in [1.54, 1.807) is 0 Å². The second-order valence-corrected chi connectivity index (χ2v) is 2.34. The average Bonchev–Trinajstić information content (AvgIpc) is 1.96. The molecule has 0 aromatic carbocycles. The summed E-state index contributed by atoms with van der Waals surface area (Å²) in [6.45, 7) is 1.44. The molecule has 0 radical (unpaired) electrons. The van der Waals surface area contributed by atoms with E-state index in [4.69, 9.17) is 0 Å². The maximum absolute atomic E-state index is 10.9. The number of nitrogens with zero attached hydrogens (tertiary/aromatic N) is 1. The minimum Gasteiger partial charge on any atom is -0.289 e. The molecule has 0 saturated heterocycles. The van der Waals surface area contributed by atoms with E-state index in [1.807, 2.05) is 0 Å². The summed E-state index contributed by atoms with van der Waals surface area (Å²) in [6.07, 6.45) is 1.72. The van der Waals surface area contributed by atoms with Crippen LogP contribution in [-0.4, -0.2) is 16.5 Å². The predicted octanol–water partition coefficient (Wildman–Crippen LogP) is 0.245. The number of rotatable bonds is 1. The molecular formula is C7H5NO4. The van der Waals surface area contributed by atoms with E-state index in [0.29, 0.717) is 0 Å². The predicted molar refractivity (Wildman–Crippen MR) is 38.8 cm³/mol. The van der Waals surface area contributed by atoms with Crippen LogP contribution in [0.25, 0.3) is 0 Å². The lowest BCUT2D eigenvalue weighted by Gasteiger charge is -2.00. The maximum Gasteiger partial charge on any atom is 0.320 e. The van der Waals surface area contributed by atoms with Gasteiger partial charge in [0.25, 0.3) is 5.78 Å². The lowest BCUT2D eigenvalue weighted by Crippen LogP contribution is -2.17. The van der Waals surface area contributed by atoms with Gasteiger partial charge in [-0.3, -0.25) is 19.7 Å². The van der Waals surface area contributed by atoms with Crippen molar-refractivity contribution in [3.05, 3.63) is 33.5 Å². The summed E-state index contributed by atoms with van der Waals surface area (Å²) in [5, 5.41) is 10.2. The summed E-state index contributed by atoms with van der Waals surface area (Å²) in [6, 6.07) is 0. The quantitative estimate of drug-likeness (QED) is 0.318. The first-order valence-corrected chi connectivity index (χ1v) is 3.15. The van der Waals surface area contributed by atoms with Crippen LogP contribution < -0.4 is 0 Å². The topological polar surface area (TPSA) is 77.3 Å². The lowest BCUT2D eigenvalue weighted by molar-refractivity contribution is -0.418. The third-order valence-electron chi connectivity index (χ3n) is 1.45. The highest BCUT2D eigenvalue weighted by atomic mass is 16.6. The van der Waals surface area contributed by atoms with E-state index in [9.17, 15) is 19.7 Å². The molecule has 1 rings (SSSR count). The van der Waals surface area contributed by atoms with Gasteiger partial charge >= 0.3 is 5.70 Å². The molecule has 0 aromatic heterocycles. The van der Waals surface area contributed by atoms with Crippen LogP contribution in [0.3, 0.4) is 0 Å². The second kappa shape index (κ2) is 2.69. The fraction of sp³-hybridized carbons (Fsp3) is 0.143. The molecule has 5 heteroatoms. The SMILES string of the molecule is CC1=CC(=O)C([N+](=O)[O-])=CC1=O. The molecule has 0 aliphatic heterocycles. The number of hydrogen-bond donors (Lipinski definition) is 0. The van der Waals surface area contributed by atoms with Crippen LogP contribution in [0.15, 0.2) is 23.4 Å². The first-order valence-electron chi connectivity index (χ1n) is 3.15. The van der Waals surface area contributed by atoms with Gasteiger partial charge in [-0.25, -0.2) is 0 Å². The number of carbonyl (C=O) groups is 2. The molecule has 0 heterocycles. The zero-order chi connectivity index (χ0) is 9.30. The van der Waals surface area contributed by atoms with Crippen LogP contribution in [0.1, 0.15) is 6.92 Å². The van der Waals surface area contributed by atoms with Crippen molar-refractivity contribution in [2.75, 3.05) is 0 Å². The number of allylic oxidation sites excluding steroid dienone is 3. The lowest BCUT2D eigenvalue weighted by atomic mass is 10.0. The fourth-order valence-corrected chi connectivity index (χ4v) is 0.794. The zero-order valence-corrected chi connectivity index (χ0v) is 6.23. The van der Waals surface area contributed by atoms with Crippen LogP contribution in [0.4, 0.5) is 0 Å². The third kappa shape index (κ3) is 1.29. The molecule has 0 atom stereocenters. The van der Waals surface area contributed by atoms with Crippen molar-refractivity contribution in [3.8, 4) is 0 Å². The monoisotopic (exact) mass is 167 g/mol. The standard InChI is InChI=1S/C7H5NO4/c1-4-2-7(10)5(8(11)12)3-6(4)9/h2-3H,1H3. The van der Waals surface area contributed by atoms with Crippen LogP contribution in [0.5, 0.6) is 0 Å². The summed E-state index contributed by atoms with van der Waals surface area (Å²) < 4.78 is 0. The van der Waals surface area contributed by atoms with Crippen molar-refractivity contribution in [2.24, 2.45) is 0 Å². The minimum atomic E-state index is -0.858. The smallest absolute Gasteiger partial charge is 0.289 e. The van der Waals surface area contributed by atoms with Crippen LogP contribution >= 0.6 is 0 Å². The molecule has 12 heavy (non-hydrogen) atoms. The highest BCUT2D eigenvalue weighted by Crippen LogP contribution is 2.10. The molecule has 0 amide bonds. The van der Waals surface area contributed by atoms with Crippen molar-refractivity contribution >= 4 is 11.6 Å². The summed E-state index contributed by atoms with van der Waals surface area (Å²) >= 11 is 0. The highest BCUT2D eigenvalue weighted by Gasteiger charge is 2.26. The van der Waals surface area contributed by atoms with Gasteiger partial charge in [0, 0.05) is 5.57 Å². The highest BCUT2D eigenvalue weighted by molar-refractivity contribution is 6.18. The van der Waals surface area contributed by atoms with Crippen molar-refractivity contribution in [3.63, 3.8) is 0 Å². The maximum atomic E-state index is 10.9. The van der Waals surface area contributed by atoms with Gasteiger partial charge in [-0.15, -0.1) is 0 Å². The molecule has 62 valence electrons. The minimum absolute atomic E-state index is 0.227. The van der Waals surface area contributed by atoms with Crippen LogP contribution in [0.2, 0.25) is 0 Å². The molecule has 0 fully saturated rings. The van der Waals surface area contributed by atoms with E-state index < -0.39 is 22.2 Å². The molecule has 1 aliphatic carbocycles. The van der Waals surface area contributed by atoms with Crippen molar-refractivity contribution in [1.29, 1.82) is 0 Å². The number of hydrogen-bond acceptors (Lipinski definition) is 4. The Labute approximate surface area is 67.5 Å². The Kier molecular flexibility index (Phi) is 1.86. The van der Waals surface area contributed by atoms with Crippen LogP contribution in [0, 0.1) is 10.1 Å². The Morgan fingerprint density at radius 2 is 1.83 bits per heavy atom. The Balaban J connectivity index is 3.09. The average molecular weight is 167 g/mol. The van der Waals surface area contributed by atoms with E-state index >= 15 is 0 Å². The first kappa shape index (κ1) is 8.32. The molecular weight excluding hydrogens is 162 g/mol. The second-order valence-electron chi connectivity index (χ2n) is 2.34. The van der Waals surface area contributed by atoms with Crippen molar-refractivity contribution in [1.82, 2.24) is 0 Å². The molecule has 0 spiro atoms. The number of ketones is 2. The van der Waals surface area contributed by atoms with Gasteiger partial charge in [0.1, 0.15) is 0 Å². The normalized spacial score (nSPS) is 17.1. The Morgan fingerprint density at radius 3 is 2.33 bits per heavy atom. The van der Waals surface area contributed by atoms with Gasteiger partial charge in [-0.2, -0.15) is 0 Å². The van der Waals surface area contributed by atoms with E-state index in [1.165, 1.54) is 6.92 Å². The van der Waals surface area contributed by atoms with Crippen LogP contribution in [-0.2, 0) is 9.59 Å². The zero-order valence-electron chi connectivity index (χ0n) is 6.23. The summed E-state index contributed by atoms with van der Waals surface area (Å²) in [7, 11) is 0. The van der Waals surface area contributed by atoms with E-state index in [-0.39, 0.29) is 5.57 Å². The van der Waals surface area contributed by atoms with Gasteiger partial charge in [-0.05, 0) is 13.0 Å². The molecule has 5 nitrogen and oxygen atoms in total. The Morgan fingerprint density at radius 1 is 1.25 bits per heavy atom.